The van der Waals surface area contributed by atoms with Crippen LogP contribution >= 0.6 is 0 Å². The largest absolute Gasteiger partial charge is 0.383 e. The lowest BCUT2D eigenvalue weighted by Gasteiger charge is -2.02. The summed E-state index contributed by atoms with van der Waals surface area (Å²) in [7, 11) is -3.44. The SMILES string of the molecule is CS(=O)(=O)c1c(NC2CC2)nn(CCC#N)c1N. The van der Waals surface area contributed by atoms with Crippen LogP contribution in [-0.2, 0) is 16.4 Å². The molecule has 1 aliphatic carbocycles. The highest BCUT2D eigenvalue weighted by molar-refractivity contribution is 7.91. The zero-order valence-electron chi connectivity index (χ0n) is 10.0. The minimum absolute atomic E-state index is 0.0346. The van der Waals surface area contributed by atoms with Gasteiger partial charge in [-0.25, -0.2) is 13.1 Å². The minimum atomic E-state index is -3.44. The predicted octanol–water partition coefficient (Wildman–Crippen LogP) is 0.357. The van der Waals surface area contributed by atoms with Crippen molar-refractivity contribution in [2.75, 3.05) is 17.3 Å². The second-order valence-electron chi connectivity index (χ2n) is 4.39. The number of nitrogens with one attached hydrogen (secondary N) is 1. The van der Waals surface area contributed by atoms with Gasteiger partial charge in [0, 0.05) is 12.3 Å². The average molecular weight is 269 g/mol. The Bertz CT molecular complexity index is 595. The Morgan fingerprint density at radius 2 is 2.28 bits per heavy atom. The number of anilines is 2. The number of hydrogen-bond acceptors (Lipinski definition) is 6. The zero-order chi connectivity index (χ0) is 13.3. The van der Waals surface area contributed by atoms with Gasteiger partial charge in [-0.1, -0.05) is 0 Å². The molecule has 1 aromatic heterocycles. The topological polar surface area (TPSA) is 114 Å². The Morgan fingerprint density at radius 1 is 1.61 bits per heavy atom. The molecule has 0 aliphatic heterocycles. The summed E-state index contributed by atoms with van der Waals surface area (Å²) in [6, 6.07) is 2.26. The van der Waals surface area contributed by atoms with Gasteiger partial charge in [0.05, 0.1) is 19.0 Å². The molecule has 1 saturated carbocycles. The molecule has 18 heavy (non-hydrogen) atoms. The van der Waals surface area contributed by atoms with Gasteiger partial charge in [-0.15, -0.1) is 0 Å². The lowest BCUT2D eigenvalue weighted by Crippen LogP contribution is -2.08. The quantitative estimate of drug-likeness (QED) is 0.797. The van der Waals surface area contributed by atoms with Gasteiger partial charge in [0.15, 0.2) is 20.6 Å². The zero-order valence-corrected chi connectivity index (χ0v) is 10.9. The Morgan fingerprint density at radius 3 is 2.78 bits per heavy atom. The molecule has 7 nitrogen and oxygen atoms in total. The second-order valence-corrected chi connectivity index (χ2v) is 6.34. The smallest absolute Gasteiger partial charge is 0.182 e. The lowest BCUT2D eigenvalue weighted by molar-refractivity contribution is 0.601. The molecule has 0 atom stereocenters. The Balaban J connectivity index is 2.39. The molecule has 0 bridgehead atoms. The lowest BCUT2D eigenvalue weighted by atomic mass is 10.5. The fraction of sp³-hybridized carbons (Fsp3) is 0.600. The highest BCUT2D eigenvalue weighted by atomic mass is 32.2. The molecule has 0 radical (unpaired) electrons. The molecule has 0 saturated heterocycles. The second kappa shape index (κ2) is 4.49. The maximum atomic E-state index is 11.7. The number of aryl methyl sites for hydroxylation is 1. The molecule has 1 fully saturated rings. The standard InChI is InChI=1S/C10H15N5O2S/c1-18(16,17)8-9(12)15(6-2-5-11)14-10(8)13-7-3-4-7/h7H,2-4,6,12H2,1H3,(H,13,14). The summed E-state index contributed by atoms with van der Waals surface area (Å²) < 4.78 is 24.8. The molecule has 1 aliphatic rings. The predicted molar refractivity (Wildman–Crippen MR) is 66.6 cm³/mol. The number of nitrogens with zero attached hydrogens (tertiary/aromatic N) is 3. The molecule has 1 aromatic rings. The van der Waals surface area contributed by atoms with Crippen LogP contribution in [0.15, 0.2) is 4.90 Å². The van der Waals surface area contributed by atoms with Crippen molar-refractivity contribution in [3.05, 3.63) is 0 Å². The van der Waals surface area contributed by atoms with E-state index >= 15 is 0 Å². The number of rotatable bonds is 5. The number of nitrogen functional groups attached to an aromatic ring is 1. The summed E-state index contributed by atoms with van der Waals surface area (Å²) in [5, 5.41) is 15.7. The third kappa shape index (κ3) is 2.56. The molecular weight excluding hydrogens is 254 g/mol. The maximum absolute atomic E-state index is 11.7. The molecule has 98 valence electrons. The molecule has 2 rings (SSSR count). The van der Waals surface area contributed by atoms with Gasteiger partial charge in [-0.3, -0.25) is 0 Å². The van der Waals surface area contributed by atoms with E-state index in [-0.39, 0.29) is 29.7 Å². The van der Waals surface area contributed by atoms with Gasteiger partial charge in [-0.2, -0.15) is 10.4 Å². The van der Waals surface area contributed by atoms with Crippen molar-refractivity contribution in [1.29, 1.82) is 5.26 Å². The number of nitriles is 1. The monoisotopic (exact) mass is 269 g/mol. The van der Waals surface area contributed by atoms with Gasteiger partial charge in [0.25, 0.3) is 0 Å². The van der Waals surface area contributed by atoms with Gasteiger partial charge < -0.3 is 11.1 Å². The summed E-state index contributed by atoms with van der Waals surface area (Å²) in [4.78, 5) is 0.0346. The van der Waals surface area contributed by atoms with Crippen LogP contribution in [0.1, 0.15) is 19.3 Å². The first-order valence-electron chi connectivity index (χ1n) is 5.63. The van der Waals surface area contributed by atoms with Crippen LogP contribution in [0.4, 0.5) is 11.6 Å². The minimum Gasteiger partial charge on any atom is -0.383 e. The summed E-state index contributed by atoms with van der Waals surface area (Å²) in [6.07, 6.45) is 3.35. The van der Waals surface area contributed by atoms with Crippen LogP contribution in [0.3, 0.4) is 0 Å². The van der Waals surface area contributed by atoms with E-state index < -0.39 is 9.84 Å². The van der Waals surface area contributed by atoms with Crippen LogP contribution < -0.4 is 11.1 Å². The molecule has 0 spiro atoms. The van der Waals surface area contributed by atoms with E-state index in [4.69, 9.17) is 11.0 Å². The Hall–Kier alpha value is -1.75. The molecular formula is C10H15N5O2S. The Labute approximate surface area is 105 Å². The molecule has 8 heteroatoms. The number of nitrogens with two attached hydrogens (primary N) is 1. The summed E-state index contributed by atoms with van der Waals surface area (Å²) in [6.45, 7) is 0.289. The van der Waals surface area contributed by atoms with Crippen LogP contribution in [0.25, 0.3) is 0 Å². The van der Waals surface area contributed by atoms with Crippen molar-refractivity contribution in [2.45, 2.75) is 36.7 Å². The first kappa shape index (κ1) is 12.7. The van der Waals surface area contributed by atoms with Crippen molar-refractivity contribution >= 4 is 21.5 Å². The fourth-order valence-electron chi connectivity index (χ4n) is 1.67. The summed E-state index contributed by atoms with van der Waals surface area (Å²) in [5.41, 5.74) is 5.80. The van der Waals surface area contributed by atoms with Crippen LogP contribution in [0, 0.1) is 11.3 Å². The summed E-state index contributed by atoms with van der Waals surface area (Å²) >= 11 is 0. The molecule has 0 amide bonds. The van der Waals surface area contributed by atoms with E-state index in [0.717, 1.165) is 19.1 Å². The van der Waals surface area contributed by atoms with E-state index in [9.17, 15) is 8.42 Å². The number of sulfone groups is 1. The van der Waals surface area contributed by atoms with Crippen molar-refractivity contribution in [3.8, 4) is 6.07 Å². The van der Waals surface area contributed by atoms with Crippen LogP contribution in [0.2, 0.25) is 0 Å². The van der Waals surface area contributed by atoms with Crippen molar-refractivity contribution < 1.29 is 8.42 Å². The molecule has 0 unspecified atom stereocenters. The van der Waals surface area contributed by atoms with Gasteiger partial charge in [0.1, 0.15) is 5.82 Å². The van der Waals surface area contributed by atoms with E-state index in [2.05, 4.69) is 10.4 Å². The summed E-state index contributed by atoms with van der Waals surface area (Å²) in [5.74, 6) is 0.395. The fourth-order valence-corrected chi connectivity index (χ4v) is 2.60. The van der Waals surface area contributed by atoms with E-state index in [1.807, 2.05) is 6.07 Å². The molecule has 1 heterocycles. The van der Waals surface area contributed by atoms with Crippen LogP contribution in [-0.4, -0.2) is 30.5 Å². The molecule has 0 aromatic carbocycles. The maximum Gasteiger partial charge on any atom is 0.182 e. The average Bonchev–Trinajstić information content (AvgIpc) is 2.99. The number of aromatic nitrogens is 2. The van der Waals surface area contributed by atoms with Gasteiger partial charge in [-0.05, 0) is 12.8 Å². The normalized spacial score (nSPS) is 15.3. The van der Waals surface area contributed by atoms with Crippen LogP contribution in [0.5, 0.6) is 0 Å². The third-order valence-electron chi connectivity index (χ3n) is 2.67. The van der Waals surface area contributed by atoms with E-state index in [0.29, 0.717) is 5.82 Å². The van der Waals surface area contributed by atoms with Crippen molar-refractivity contribution in [2.24, 2.45) is 0 Å². The highest BCUT2D eigenvalue weighted by Gasteiger charge is 2.29. The first-order chi connectivity index (χ1) is 8.43. The Kier molecular flexibility index (Phi) is 3.17. The third-order valence-corrected chi connectivity index (χ3v) is 3.81. The van der Waals surface area contributed by atoms with Crippen molar-refractivity contribution in [1.82, 2.24) is 9.78 Å². The first-order valence-corrected chi connectivity index (χ1v) is 7.52. The van der Waals surface area contributed by atoms with Crippen molar-refractivity contribution in [3.63, 3.8) is 0 Å². The van der Waals surface area contributed by atoms with E-state index in [1.165, 1.54) is 4.68 Å². The molecule has 3 N–H and O–H groups in total. The van der Waals surface area contributed by atoms with Gasteiger partial charge >= 0.3 is 0 Å². The van der Waals surface area contributed by atoms with Gasteiger partial charge in [0.2, 0.25) is 0 Å². The van der Waals surface area contributed by atoms with E-state index in [1.54, 1.807) is 0 Å². The number of hydrogen-bond donors (Lipinski definition) is 2. The highest BCUT2D eigenvalue weighted by Crippen LogP contribution is 2.31.